The Hall–Kier alpha value is -1.15. The number of carbonyl (C=O) groups excluding carboxylic acids is 1. The molecule has 1 rings (SSSR count). The third-order valence-electron chi connectivity index (χ3n) is 4.04. The van der Waals surface area contributed by atoms with E-state index < -0.39 is 11.0 Å². The summed E-state index contributed by atoms with van der Waals surface area (Å²) >= 11 is 0. The Morgan fingerprint density at radius 3 is 2.17 bits per heavy atom. The summed E-state index contributed by atoms with van der Waals surface area (Å²) < 4.78 is 0. The summed E-state index contributed by atoms with van der Waals surface area (Å²) in [7, 11) is 0. The van der Waals surface area contributed by atoms with Gasteiger partial charge in [-0.15, -0.1) is 0 Å². The molecule has 0 aliphatic heterocycles. The van der Waals surface area contributed by atoms with E-state index in [-0.39, 0.29) is 5.78 Å². The monoisotopic (exact) mass is 248 g/mol. The Labute approximate surface area is 110 Å². The van der Waals surface area contributed by atoms with Crippen LogP contribution in [-0.4, -0.2) is 16.5 Å². The topological polar surface area (TPSA) is 37.3 Å². The molecule has 0 spiro atoms. The first-order chi connectivity index (χ1) is 8.31. The zero-order valence-corrected chi connectivity index (χ0v) is 11.9. The molecule has 100 valence electrons. The van der Waals surface area contributed by atoms with Gasteiger partial charge in [0.2, 0.25) is 0 Å². The molecule has 0 aliphatic rings. The average Bonchev–Trinajstić information content (AvgIpc) is 2.34. The number of aryl methyl sites for hydroxylation is 1. The number of aliphatic hydroxyl groups is 1. The molecule has 2 nitrogen and oxygen atoms in total. The second kappa shape index (κ2) is 5.66. The van der Waals surface area contributed by atoms with Gasteiger partial charge in [-0.2, -0.15) is 0 Å². The van der Waals surface area contributed by atoms with Gasteiger partial charge in [0.15, 0.2) is 0 Å². The molecule has 0 fully saturated rings. The van der Waals surface area contributed by atoms with Gasteiger partial charge in [-0.3, -0.25) is 4.79 Å². The highest BCUT2D eigenvalue weighted by Crippen LogP contribution is 2.37. The Morgan fingerprint density at radius 1 is 1.17 bits per heavy atom. The largest absolute Gasteiger partial charge is 0.389 e. The molecule has 0 bridgehead atoms. The molecule has 0 radical (unpaired) electrons. The molecular weight excluding hydrogens is 224 g/mol. The van der Waals surface area contributed by atoms with Gasteiger partial charge >= 0.3 is 0 Å². The molecule has 0 saturated heterocycles. The zero-order valence-electron chi connectivity index (χ0n) is 11.9. The summed E-state index contributed by atoms with van der Waals surface area (Å²) in [6.07, 6.45) is 1.95. The first-order valence-electron chi connectivity index (χ1n) is 6.61. The molecule has 0 aromatic heterocycles. The van der Waals surface area contributed by atoms with E-state index in [1.807, 2.05) is 32.0 Å². The quantitative estimate of drug-likeness (QED) is 0.838. The second-order valence-corrected chi connectivity index (χ2v) is 5.65. The van der Waals surface area contributed by atoms with E-state index >= 15 is 0 Å². The first-order valence-corrected chi connectivity index (χ1v) is 6.61. The SMILES string of the molecule is CCC(=O)C(C)(CCc1ccccc1)C(C)(C)O. The Morgan fingerprint density at radius 2 is 1.72 bits per heavy atom. The number of hydrogen-bond donors (Lipinski definition) is 1. The number of hydrogen-bond acceptors (Lipinski definition) is 2. The number of benzene rings is 1. The molecule has 1 aromatic carbocycles. The summed E-state index contributed by atoms with van der Waals surface area (Å²) in [5.74, 6) is 0.130. The van der Waals surface area contributed by atoms with Crippen molar-refractivity contribution in [1.29, 1.82) is 0 Å². The van der Waals surface area contributed by atoms with Crippen LogP contribution in [0.4, 0.5) is 0 Å². The van der Waals surface area contributed by atoms with Crippen LogP contribution in [0.5, 0.6) is 0 Å². The minimum absolute atomic E-state index is 0.130. The predicted octanol–water partition coefficient (Wildman–Crippen LogP) is 3.38. The van der Waals surface area contributed by atoms with Gasteiger partial charge in [0.05, 0.1) is 11.0 Å². The van der Waals surface area contributed by atoms with Crippen molar-refractivity contribution < 1.29 is 9.90 Å². The molecule has 1 aromatic rings. The summed E-state index contributed by atoms with van der Waals surface area (Å²) in [6.45, 7) is 7.19. The van der Waals surface area contributed by atoms with Crippen molar-refractivity contribution in [3.63, 3.8) is 0 Å². The Balaban J connectivity index is 2.84. The van der Waals surface area contributed by atoms with Crippen molar-refractivity contribution >= 4 is 5.78 Å². The van der Waals surface area contributed by atoms with Crippen LogP contribution < -0.4 is 0 Å². The van der Waals surface area contributed by atoms with E-state index in [2.05, 4.69) is 12.1 Å². The van der Waals surface area contributed by atoms with Crippen LogP contribution >= 0.6 is 0 Å². The molecule has 0 amide bonds. The third-order valence-corrected chi connectivity index (χ3v) is 4.04. The van der Waals surface area contributed by atoms with E-state index in [1.54, 1.807) is 13.8 Å². The van der Waals surface area contributed by atoms with E-state index in [9.17, 15) is 9.90 Å². The van der Waals surface area contributed by atoms with Crippen molar-refractivity contribution in [3.05, 3.63) is 35.9 Å². The summed E-state index contributed by atoms with van der Waals surface area (Å²) in [5, 5.41) is 10.3. The lowest BCUT2D eigenvalue weighted by atomic mass is 9.68. The molecule has 0 heterocycles. The number of rotatable bonds is 6. The molecule has 0 saturated carbocycles. The maximum atomic E-state index is 12.1. The average molecular weight is 248 g/mol. The summed E-state index contributed by atoms with van der Waals surface area (Å²) in [4.78, 5) is 12.1. The van der Waals surface area contributed by atoms with E-state index in [4.69, 9.17) is 0 Å². The highest BCUT2D eigenvalue weighted by molar-refractivity contribution is 5.85. The summed E-state index contributed by atoms with van der Waals surface area (Å²) in [6, 6.07) is 10.1. The lowest BCUT2D eigenvalue weighted by Gasteiger charge is -2.39. The fraction of sp³-hybridized carbons (Fsp3) is 0.562. The molecule has 18 heavy (non-hydrogen) atoms. The standard InChI is InChI=1S/C16H24O2/c1-5-14(17)16(4,15(2,3)18)12-11-13-9-7-6-8-10-13/h6-10,18H,5,11-12H2,1-4H3. The van der Waals surface area contributed by atoms with Gasteiger partial charge in [-0.25, -0.2) is 0 Å². The molecule has 2 heteroatoms. The van der Waals surface area contributed by atoms with Crippen LogP contribution in [0.1, 0.15) is 46.1 Å². The van der Waals surface area contributed by atoms with Crippen LogP contribution in [0, 0.1) is 5.41 Å². The van der Waals surface area contributed by atoms with E-state index in [0.29, 0.717) is 12.8 Å². The lowest BCUT2D eigenvalue weighted by molar-refractivity contribution is -0.142. The molecule has 1 atom stereocenters. The van der Waals surface area contributed by atoms with Crippen molar-refractivity contribution in [2.45, 2.75) is 52.6 Å². The molecule has 1 unspecified atom stereocenters. The van der Waals surface area contributed by atoms with Crippen LogP contribution in [0.2, 0.25) is 0 Å². The van der Waals surface area contributed by atoms with E-state index in [0.717, 1.165) is 6.42 Å². The maximum Gasteiger partial charge on any atom is 0.141 e. The normalized spacial score (nSPS) is 15.2. The molecule has 1 N–H and O–H groups in total. The maximum absolute atomic E-state index is 12.1. The van der Waals surface area contributed by atoms with Gasteiger partial charge in [0.1, 0.15) is 5.78 Å². The minimum Gasteiger partial charge on any atom is -0.389 e. The fourth-order valence-electron chi connectivity index (χ4n) is 2.22. The van der Waals surface area contributed by atoms with Gasteiger partial charge in [-0.05, 0) is 39.2 Å². The van der Waals surface area contributed by atoms with Crippen LogP contribution in [0.25, 0.3) is 0 Å². The van der Waals surface area contributed by atoms with E-state index in [1.165, 1.54) is 5.56 Å². The number of carbonyl (C=O) groups is 1. The van der Waals surface area contributed by atoms with Crippen LogP contribution in [-0.2, 0) is 11.2 Å². The molecular formula is C16H24O2. The van der Waals surface area contributed by atoms with Crippen molar-refractivity contribution in [2.75, 3.05) is 0 Å². The van der Waals surface area contributed by atoms with Gasteiger partial charge in [0.25, 0.3) is 0 Å². The second-order valence-electron chi connectivity index (χ2n) is 5.65. The van der Waals surface area contributed by atoms with Gasteiger partial charge < -0.3 is 5.11 Å². The summed E-state index contributed by atoms with van der Waals surface area (Å²) in [5.41, 5.74) is -0.469. The number of Topliss-reactive ketones (excluding diaryl/α,β-unsaturated/α-hetero) is 1. The van der Waals surface area contributed by atoms with Crippen molar-refractivity contribution in [3.8, 4) is 0 Å². The third kappa shape index (κ3) is 3.20. The predicted molar refractivity (Wildman–Crippen MR) is 74.5 cm³/mol. The van der Waals surface area contributed by atoms with Crippen LogP contribution in [0.3, 0.4) is 0 Å². The highest BCUT2D eigenvalue weighted by atomic mass is 16.3. The van der Waals surface area contributed by atoms with Gasteiger partial charge in [0, 0.05) is 6.42 Å². The Kier molecular flexibility index (Phi) is 4.69. The minimum atomic E-state index is -0.991. The smallest absolute Gasteiger partial charge is 0.141 e. The van der Waals surface area contributed by atoms with Crippen molar-refractivity contribution in [2.24, 2.45) is 5.41 Å². The Bertz CT molecular complexity index is 389. The zero-order chi connectivity index (χ0) is 13.8. The highest BCUT2D eigenvalue weighted by Gasteiger charge is 2.44. The van der Waals surface area contributed by atoms with Gasteiger partial charge in [-0.1, -0.05) is 37.3 Å². The number of ketones is 1. The first kappa shape index (κ1) is 14.9. The lowest BCUT2D eigenvalue weighted by Crippen LogP contribution is -2.47. The fourth-order valence-corrected chi connectivity index (χ4v) is 2.22. The van der Waals surface area contributed by atoms with Crippen LogP contribution in [0.15, 0.2) is 30.3 Å². The van der Waals surface area contributed by atoms with Crippen molar-refractivity contribution in [1.82, 2.24) is 0 Å². The molecule has 0 aliphatic carbocycles.